The fourth-order valence-electron chi connectivity index (χ4n) is 1.22. The number of hydrogen-bond donors (Lipinski definition) is 3. The number of rotatable bonds is 5. The molecule has 0 aromatic heterocycles. The highest BCUT2D eigenvalue weighted by atomic mass is 35.5. The van der Waals surface area contributed by atoms with Gasteiger partial charge in [0.05, 0.1) is 12.1 Å². The van der Waals surface area contributed by atoms with Crippen molar-refractivity contribution in [3.63, 3.8) is 0 Å². The number of nitrogens with one attached hydrogen (secondary N) is 2. The van der Waals surface area contributed by atoms with Crippen LogP contribution in [0.2, 0.25) is 5.02 Å². The normalized spacial score (nSPS) is 11.3. The van der Waals surface area contributed by atoms with Crippen LogP contribution in [0.15, 0.2) is 24.3 Å². The van der Waals surface area contributed by atoms with Gasteiger partial charge in [0.1, 0.15) is 0 Å². The molecule has 5 heteroatoms. The van der Waals surface area contributed by atoms with E-state index in [1.807, 2.05) is 0 Å². The number of hydrogen-bond acceptors (Lipinski definition) is 3. The lowest BCUT2D eigenvalue weighted by Crippen LogP contribution is -2.38. The predicted octanol–water partition coefficient (Wildman–Crippen LogP) is 1.64. The molecule has 0 aliphatic carbocycles. The molecule has 0 heterocycles. The Balaban J connectivity index is 2.32. The second-order valence-corrected chi connectivity index (χ2v) is 4.91. The van der Waals surface area contributed by atoms with Crippen molar-refractivity contribution < 1.29 is 9.90 Å². The fourth-order valence-corrected chi connectivity index (χ4v) is 1.35. The van der Waals surface area contributed by atoms with E-state index in [4.69, 9.17) is 11.6 Å². The molecule has 0 atom stereocenters. The molecule has 0 aliphatic rings. The van der Waals surface area contributed by atoms with Gasteiger partial charge in [0.2, 0.25) is 5.91 Å². The molecule has 17 heavy (non-hydrogen) atoms. The van der Waals surface area contributed by atoms with Crippen LogP contribution in [0.3, 0.4) is 0 Å². The number of amides is 1. The van der Waals surface area contributed by atoms with Crippen LogP contribution in [0, 0.1) is 0 Å². The molecule has 1 aromatic rings. The Morgan fingerprint density at radius 1 is 1.35 bits per heavy atom. The standard InChI is InChI=1S/C12H17ClN2O2/c1-12(2,17)8-14-7-11(16)15-10-5-3-9(13)4-6-10/h3-6,14,17H,7-8H2,1-2H3,(H,15,16). The van der Waals surface area contributed by atoms with Crippen molar-refractivity contribution in [2.45, 2.75) is 19.4 Å². The van der Waals surface area contributed by atoms with E-state index in [0.717, 1.165) is 0 Å². The highest BCUT2D eigenvalue weighted by Gasteiger charge is 2.12. The molecule has 1 aromatic carbocycles. The van der Waals surface area contributed by atoms with Crippen LogP contribution in [0.25, 0.3) is 0 Å². The molecular weight excluding hydrogens is 240 g/mol. The van der Waals surface area contributed by atoms with E-state index in [9.17, 15) is 9.90 Å². The Bertz CT molecular complexity index is 371. The van der Waals surface area contributed by atoms with E-state index in [-0.39, 0.29) is 12.5 Å². The van der Waals surface area contributed by atoms with Gasteiger partial charge in [-0.2, -0.15) is 0 Å². The molecule has 0 fully saturated rings. The summed E-state index contributed by atoms with van der Waals surface area (Å²) in [7, 11) is 0. The highest BCUT2D eigenvalue weighted by Crippen LogP contribution is 2.12. The first kappa shape index (κ1) is 14.0. The Hall–Kier alpha value is -1.10. The fraction of sp³-hybridized carbons (Fsp3) is 0.417. The number of anilines is 1. The van der Waals surface area contributed by atoms with E-state index < -0.39 is 5.60 Å². The quantitative estimate of drug-likeness (QED) is 0.751. The first-order valence-corrected chi connectivity index (χ1v) is 5.73. The largest absolute Gasteiger partial charge is 0.389 e. The highest BCUT2D eigenvalue weighted by molar-refractivity contribution is 6.30. The number of aliphatic hydroxyl groups is 1. The van der Waals surface area contributed by atoms with Gasteiger partial charge in [0.15, 0.2) is 0 Å². The van der Waals surface area contributed by atoms with E-state index >= 15 is 0 Å². The lowest BCUT2D eigenvalue weighted by atomic mass is 10.1. The second kappa shape index (κ2) is 6.00. The topological polar surface area (TPSA) is 61.4 Å². The molecule has 94 valence electrons. The van der Waals surface area contributed by atoms with Gasteiger partial charge in [-0.25, -0.2) is 0 Å². The minimum atomic E-state index is -0.819. The smallest absolute Gasteiger partial charge is 0.238 e. The van der Waals surface area contributed by atoms with E-state index in [0.29, 0.717) is 17.3 Å². The molecule has 0 saturated carbocycles. The van der Waals surface area contributed by atoms with E-state index in [1.165, 1.54) is 0 Å². The van der Waals surface area contributed by atoms with E-state index in [1.54, 1.807) is 38.1 Å². The van der Waals surface area contributed by atoms with Crippen molar-refractivity contribution in [1.29, 1.82) is 0 Å². The van der Waals surface area contributed by atoms with Crippen molar-refractivity contribution in [3.05, 3.63) is 29.3 Å². The second-order valence-electron chi connectivity index (χ2n) is 4.47. The number of carbonyl (C=O) groups excluding carboxylic acids is 1. The van der Waals surface area contributed by atoms with Crippen LogP contribution in [-0.4, -0.2) is 29.7 Å². The average Bonchev–Trinajstić information content (AvgIpc) is 2.19. The number of carbonyl (C=O) groups is 1. The summed E-state index contributed by atoms with van der Waals surface area (Å²) in [4.78, 5) is 11.5. The molecular formula is C12H17ClN2O2. The number of benzene rings is 1. The van der Waals surface area contributed by atoms with Crippen LogP contribution >= 0.6 is 11.6 Å². The van der Waals surface area contributed by atoms with Gasteiger partial charge in [-0.1, -0.05) is 11.6 Å². The van der Waals surface area contributed by atoms with Gasteiger partial charge < -0.3 is 15.7 Å². The maximum atomic E-state index is 11.5. The SMILES string of the molecule is CC(C)(O)CNCC(=O)Nc1ccc(Cl)cc1. The third kappa shape index (κ3) is 6.26. The van der Waals surface area contributed by atoms with Crippen LogP contribution in [0.1, 0.15) is 13.8 Å². The summed E-state index contributed by atoms with van der Waals surface area (Å²) in [6, 6.07) is 6.88. The molecule has 3 N–H and O–H groups in total. The van der Waals surface area contributed by atoms with Gasteiger partial charge in [-0.15, -0.1) is 0 Å². The lowest BCUT2D eigenvalue weighted by molar-refractivity contribution is -0.115. The summed E-state index contributed by atoms with van der Waals surface area (Å²) in [5.41, 5.74) is -0.120. The molecule has 1 amide bonds. The molecule has 0 spiro atoms. The lowest BCUT2D eigenvalue weighted by Gasteiger charge is -2.17. The zero-order valence-electron chi connectivity index (χ0n) is 9.96. The summed E-state index contributed by atoms with van der Waals surface area (Å²) in [6.45, 7) is 3.88. The minimum Gasteiger partial charge on any atom is -0.389 e. The van der Waals surface area contributed by atoms with Crippen molar-refractivity contribution in [2.75, 3.05) is 18.4 Å². The summed E-state index contributed by atoms with van der Waals surface area (Å²) < 4.78 is 0. The van der Waals surface area contributed by atoms with Crippen LogP contribution in [0.5, 0.6) is 0 Å². The maximum absolute atomic E-state index is 11.5. The average molecular weight is 257 g/mol. The van der Waals surface area contributed by atoms with Gasteiger partial charge >= 0.3 is 0 Å². The Morgan fingerprint density at radius 2 is 1.94 bits per heavy atom. The molecule has 4 nitrogen and oxygen atoms in total. The van der Waals surface area contributed by atoms with Gasteiger partial charge in [-0.05, 0) is 38.1 Å². The molecule has 1 rings (SSSR count). The monoisotopic (exact) mass is 256 g/mol. The third-order valence-electron chi connectivity index (χ3n) is 1.97. The molecule has 0 radical (unpaired) electrons. The first-order valence-electron chi connectivity index (χ1n) is 5.35. The van der Waals surface area contributed by atoms with Crippen LogP contribution in [-0.2, 0) is 4.79 Å². The summed E-state index contributed by atoms with van der Waals surface area (Å²) in [5.74, 6) is -0.156. The van der Waals surface area contributed by atoms with Crippen molar-refractivity contribution in [1.82, 2.24) is 5.32 Å². The van der Waals surface area contributed by atoms with Crippen molar-refractivity contribution >= 4 is 23.2 Å². The third-order valence-corrected chi connectivity index (χ3v) is 2.22. The zero-order chi connectivity index (χ0) is 12.9. The summed E-state index contributed by atoms with van der Waals surface area (Å²) in [6.07, 6.45) is 0. The van der Waals surface area contributed by atoms with Gasteiger partial charge in [-0.3, -0.25) is 4.79 Å². The zero-order valence-corrected chi connectivity index (χ0v) is 10.7. The Morgan fingerprint density at radius 3 is 2.47 bits per heavy atom. The number of halogens is 1. The molecule has 0 bridgehead atoms. The van der Waals surface area contributed by atoms with Gasteiger partial charge in [0.25, 0.3) is 0 Å². The predicted molar refractivity (Wildman–Crippen MR) is 69.2 cm³/mol. The molecule has 0 unspecified atom stereocenters. The Labute approximate surface area is 106 Å². The minimum absolute atomic E-state index is 0.156. The van der Waals surface area contributed by atoms with Crippen LogP contribution in [0.4, 0.5) is 5.69 Å². The van der Waals surface area contributed by atoms with Crippen LogP contribution < -0.4 is 10.6 Å². The van der Waals surface area contributed by atoms with Crippen molar-refractivity contribution in [2.24, 2.45) is 0 Å². The summed E-state index contributed by atoms with van der Waals surface area (Å²) >= 11 is 5.73. The molecule has 0 aliphatic heterocycles. The first-order chi connectivity index (χ1) is 7.87. The Kier molecular flexibility index (Phi) is 4.93. The van der Waals surface area contributed by atoms with E-state index in [2.05, 4.69) is 10.6 Å². The summed E-state index contributed by atoms with van der Waals surface area (Å²) in [5, 5.41) is 15.7. The van der Waals surface area contributed by atoms with Crippen molar-refractivity contribution in [3.8, 4) is 0 Å². The maximum Gasteiger partial charge on any atom is 0.238 e. The van der Waals surface area contributed by atoms with Gasteiger partial charge in [0, 0.05) is 17.3 Å². The molecule has 0 saturated heterocycles.